The Morgan fingerprint density at radius 3 is 2.69 bits per heavy atom. The predicted octanol–water partition coefficient (Wildman–Crippen LogP) is 1.99. The van der Waals surface area contributed by atoms with Crippen LogP contribution in [-0.2, 0) is 5.41 Å². The zero-order chi connectivity index (χ0) is 9.90. The number of hydrogen-bond donors (Lipinski definition) is 1. The van der Waals surface area contributed by atoms with Crippen LogP contribution in [0.2, 0.25) is 0 Å². The summed E-state index contributed by atoms with van der Waals surface area (Å²) in [4.78, 5) is 4.45. The largest absolute Gasteiger partial charge is 0.313 e. The minimum atomic E-state index is 0.135. The summed E-state index contributed by atoms with van der Waals surface area (Å²) in [6.45, 7) is 6.47. The Balaban J connectivity index is 2.81. The van der Waals surface area contributed by atoms with Crippen molar-refractivity contribution >= 4 is 17.6 Å². The molecule has 0 fully saturated rings. The van der Waals surface area contributed by atoms with E-state index in [0.717, 1.165) is 10.7 Å². The van der Waals surface area contributed by atoms with Crippen LogP contribution in [0.1, 0.15) is 31.5 Å². The minimum Gasteiger partial charge on any atom is -0.313 e. The van der Waals surface area contributed by atoms with Gasteiger partial charge in [0.05, 0.1) is 16.9 Å². The number of thiazole rings is 1. The molecular weight excluding hydrogens is 182 g/mol. The lowest BCUT2D eigenvalue weighted by molar-refractivity contribution is 0.585. The molecule has 0 aliphatic rings. The van der Waals surface area contributed by atoms with E-state index in [-0.39, 0.29) is 5.41 Å². The first-order valence-corrected chi connectivity index (χ1v) is 5.08. The number of aromatic nitrogens is 1. The summed E-state index contributed by atoms with van der Waals surface area (Å²) >= 11 is 1.68. The highest BCUT2D eigenvalue weighted by Crippen LogP contribution is 2.24. The van der Waals surface area contributed by atoms with Gasteiger partial charge in [-0.2, -0.15) is 5.10 Å². The molecule has 0 atom stereocenters. The van der Waals surface area contributed by atoms with Crippen molar-refractivity contribution in [2.45, 2.75) is 26.2 Å². The molecule has 1 aromatic heterocycles. The van der Waals surface area contributed by atoms with E-state index in [1.54, 1.807) is 24.6 Å². The Morgan fingerprint density at radius 2 is 2.23 bits per heavy atom. The van der Waals surface area contributed by atoms with E-state index < -0.39 is 0 Å². The molecule has 0 amide bonds. The van der Waals surface area contributed by atoms with Gasteiger partial charge in [0, 0.05) is 17.8 Å². The van der Waals surface area contributed by atoms with Gasteiger partial charge in [0.2, 0.25) is 0 Å². The summed E-state index contributed by atoms with van der Waals surface area (Å²) in [6.07, 6.45) is 1.73. The third kappa shape index (κ3) is 2.81. The van der Waals surface area contributed by atoms with Crippen LogP contribution in [0.25, 0.3) is 0 Å². The summed E-state index contributed by atoms with van der Waals surface area (Å²) in [7, 11) is 1.77. The fraction of sp³-hybridized carbons (Fsp3) is 0.556. The zero-order valence-corrected chi connectivity index (χ0v) is 9.27. The van der Waals surface area contributed by atoms with E-state index in [1.165, 1.54) is 0 Å². The number of nitrogens with one attached hydrogen (secondary N) is 1. The summed E-state index contributed by atoms with van der Waals surface area (Å²) < 4.78 is 0. The SMILES string of the molecule is CN/N=C/c1csc(C(C)(C)C)n1. The van der Waals surface area contributed by atoms with E-state index in [4.69, 9.17) is 0 Å². The maximum absolute atomic E-state index is 4.45. The summed E-state index contributed by atoms with van der Waals surface area (Å²) in [5.41, 5.74) is 3.75. The fourth-order valence-electron chi connectivity index (χ4n) is 0.821. The van der Waals surface area contributed by atoms with E-state index in [0.29, 0.717) is 0 Å². The minimum absolute atomic E-state index is 0.135. The third-order valence-electron chi connectivity index (χ3n) is 1.49. The highest BCUT2D eigenvalue weighted by molar-refractivity contribution is 7.10. The van der Waals surface area contributed by atoms with Crippen molar-refractivity contribution < 1.29 is 0 Å². The molecule has 72 valence electrons. The predicted molar refractivity (Wildman–Crippen MR) is 57.5 cm³/mol. The molecule has 0 spiro atoms. The normalized spacial score (nSPS) is 12.3. The van der Waals surface area contributed by atoms with E-state index in [9.17, 15) is 0 Å². The molecule has 3 nitrogen and oxygen atoms in total. The van der Waals surface area contributed by atoms with Gasteiger partial charge in [-0.25, -0.2) is 4.98 Å². The van der Waals surface area contributed by atoms with Crippen molar-refractivity contribution in [3.05, 3.63) is 16.1 Å². The Kier molecular flexibility index (Phi) is 3.03. The van der Waals surface area contributed by atoms with Crippen LogP contribution in [-0.4, -0.2) is 18.2 Å². The Labute approximate surface area is 82.9 Å². The summed E-state index contributed by atoms with van der Waals surface area (Å²) in [6, 6.07) is 0. The first-order valence-electron chi connectivity index (χ1n) is 4.20. The second kappa shape index (κ2) is 3.87. The standard InChI is InChI=1S/C9H15N3S/c1-9(2,3)8-12-7(6-13-8)5-11-10-4/h5-6,10H,1-4H3/b11-5+. The fourth-order valence-corrected chi connectivity index (χ4v) is 1.68. The first kappa shape index (κ1) is 10.2. The molecule has 1 aromatic rings. The molecule has 1 N–H and O–H groups in total. The molecular formula is C9H15N3S. The molecule has 0 unspecified atom stereocenters. The second-order valence-corrected chi connectivity index (χ2v) is 4.67. The average molecular weight is 197 g/mol. The molecule has 0 aliphatic heterocycles. The molecule has 0 aliphatic carbocycles. The van der Waals surface area contributed by atoms with Crippen molar-refractivity contribution in [3.63, 3.8) is 0 Å². The Hall–Kier alpha value is -0.900. The molecule has 0 saturated carbocycles. The highest BCUT2D eigenvalue weighted by Gasteiger charge is 2.17. The topological polar surface area (TPSA) is 37.3 Å². The third-order valence-corrected chi connectivity index (χ3v) is 2.78. The smallest absolute Gasteiger partial charge is 0.0986 e. The number of hydrogen-bond acceptors (Lipinski definition) is 4. The zero-order valence-electron chi connectivity index (χ0n) is 8.46. The molecule has 0 aromatic carbocycles. The van der Waals surface area contributed by atoms with Gasteiger partial charge < -0.3 is 5.43 Å². The number of hydrazone groups is 1. The van der Waals surface area contributed by atoms with Crippen molar-refractivity contribution in [1.82, 2.24) is 10.4 Å². The van der Waals surface area contributed by atoms with Crippen LogP contribution >= 0.6 is 11.3 Å². The molecule has 0 bridgehead atoms. The molecule has 13 heavy (non-hydrogen) atoms. The van der Waals surface area contributed by atoms with Gasteiger partial charge >= 0.3 is 0 Å². The van der Waals surface area contributed by atoms with Gasteiger partial charge in [-0.15, -0.1) is 11.3 Å². The lowest BCUT2D eigenvalue weighted by atomic mass is 9.98. The number of nitrogens with zero attached hydrogens (tertiary/aromatic N) is 2. The van der Waals surface area contributed by atoms with Crippen LogP contribution in [0.5, 0.6) is 0 Å². The maximum atomic E-state index is 4.45. The molecule has 4 heteroatoms. The van der Waals surface area contributed by atoms with Gasteiger partial charge in [0.15, 0.2) is 0 Å². The maximum Gasteiger partial charge on any atom is 0.0986 e. The first-order chi connectivity index (χ1) is 6.04. The van der Waals surface area contributed by atoms with E-state index >= 15 is 0 Å². The average Bonchev–Trinajstić information content (AvgIpc) is 2.47. The highest BCUT2D eigenvalue weighted by atomic mass is 32.1. The van der Waals surface area contributed by atoms with Crippen molar-refractivity contribution in [1.29, 1.82) is 0 Å². The lowest BCUT2D eigenvalue weighted by Crippen LogP contribution is -2.10. The van der Waals surface area contributed by atoms with Crippen molar-refractivity contribution in [2.75, 3.05) is 7.05 Å². The quantitative estimate of drug-likeness (QED) is 0.581. The van der Waals surface area contributed by atoms with Crippen LogP contribution in [0, 0.1) is 0 Å². The molecule has 0 saturated heterocycles. The van der Waals surface area contributed by atoms with Gasteiger partial charge in [0.1, 0.15) is 0 Å². The van der Waals surface area contributed by atoms with E-state index in [2.05, 4.69) is 36.3 Å². The summed E-state index contributed by atoms with van der Waals surface area (Å²) in [5.74, 6) is 0. The van der Waals surface area contributed by atoms with E-state index in [1.807, 2.05) is 5.38 Å². The van der Waals surface area contributed by atoms with Gasteiger partial charge in [-0.05, 0) is 0 Å². The van der Waals surface area contributed by atoms with Crippen LogP contribution in [0.15, 0.2) is 10.5 Å². The van der Waals surface area contributed by atoms with Crippen molar-refractivity contribution in [2.24, 2.45) is 5.10 Å². The molecule has 1 heterocycles. The monoisotopic (exact) mass is 197 g/mol. The Morgan fingerprint density at radius 1 is 1.54 bits per heavy atom. The van der Waals surface area contributed by atoms with Gasteiger partial charge in [0.25, 0.3) is 0 Å². The van der Waals surface area contributed by atoms with Gasteiger partial charge in [-0.3, -0.25) is 0 Å². The molecule has 1 rings (SSSR count). The molecule has 0 radical (unpaired) electrons. The second-order valence-electron chi connectivity index (χ2n) is 3.81. The van der Waals surface area contributed by atoms with Crippen molar-refractivity contribution in [3.8, 4) is 0 Å². The van der Waals surface area contributed by atoms with Gasteiger partial charge in [-0.1, -0.05) is 20.8 Å². The lowest BCUT2D eigenvalue weighted by Gasteiger charge is -2.13. The summed E-state index contributed by atoms with van der Waals surface area (Å²) in [5, 5.41) is 7.07. The van der Waals surface area contributed by atoms with Crippen LogP contribution < -0.4 is 5.43 Å². The van der Waals surface area contributed by atoms with Crippen LogP contribution in [0.4, 0.5) is 0 Å². The Bertz CT molecular complexity index is 296. The van der Waals surface area contributed by atoms with Crippen LogP contribution in [0.3, 0.4) is 0 Å². The number of rotatable bonds is 2.